The standard InChI is InChI=1S/C15H22FNO3S/c1-11(2)7-8-17(13-4-5-13)21(19,20)15-9-12(10-18)3-6-14(15)16/h3,6,9,11,13,18H,4-5,7-8,10H2,1-2H3. The summed E-state index contributed by atoms with van der Waals surface area (Å²) in [4.78, 5) is -0.329. The highest BCUT2D eigenvalue weighted by Crippen LogP contribution is 2.33. The fourth-order valence-electron chi connectivity index (χ4n) is 2.22. The van der Waals surface area contributed by atoms with Gasteiger partial charge in [0, 0.05) is 12.6 Å². The van der Waals surface area contributed by atoms with Gasteiger partial charge in [0.25, 0.3) is 0 Å². The van der Waals surface area contributed by atoms with Gasteiger partial charge in [-0.2, -0.15) is 4.31 Å². The van der Waals surface area contributed by atoms with E-state index >= 15 is 0 Å². The molecule has 0 saturated heterocycles. The molecule has 6 heteroatoms. The first-order valence-electron chi connectivity index (χ1n) is 7.27. The second-order valence-corrected chi connectivity index (χ2v) is 7.81. The first-order chi connectivity index (χ1) is 9.86. The smallest absolute Gasteiger partial charge is 0.246 e. The molecule has 0 amide bonds. The normalized spacial score (nSPS) is 15.9. The number of aliphatic hydroxyl groups is 1. The highest BCUT2D eigenvalue weighted by Gasteiger charge is 2.39. The van der Waals surface area contributed by atoms with Gasteiger partial charge in [-0.15, -0.1) is 0 Å². The number of hydrogen-bond acceptors (Lipinski definition) is 3. The zero-order valence-corrected chi connectivity index (χ0v) is 13.2. The van der Waals surface area contributed by atoms with Crippen LogP contribution in [-0.2, 0) is 16.6 Å². The molecule has 0 aromatic heterocycles. The van der Waals surface area contributed by atoms with E-state index in [9.17, 15) is 12.8 Å². The van der Waals surface area contributed by atoms with E-state index in [4.69, 9.17) is 5.11 Å². The van der Waals surface area contributed by atoms with Crippen LogP contribution in [-0.4, -0.2) is 30.4 Å². The predicted molar refractivity (Wildman–Crippen MR) is 78.7 cm³/mol. The molecular formula is C15H22FNO3S. The quantitative estimate of drug-likeness (QED) is 0.841. The topological polar surface area (TPSA) is 57.6 Å². The molecule has 0 radical (unpaired) electrons. The Morgan fingerprint density at radius 1 is 1.38 bits per heavy atom. The van der Waals surface area contributed by atoms with E-state index in [1.54, 1.807) is 0 Å². The molecule has 0 bridgehead atoms. The molecule has 118 valence electrons. The Kier molecular flexibility index (Phi) is 5.01. The molecule has 1 aromatic carbocycles. The maximum atomic E-state index is 14.0. The fourth-order valence-corrected chi connectivity index (χ4v) is 4.03. The third kappa shape index (κ3) is 3.81. The lowest BCUT2D eigenvalue weighted by molar-refractivity contribution is 0.281. The highest BCUT2D eigenvalue weighted by atomic mass is 32.2. The van der Waals surface area contributed by atoms with E-state index in [1.165, 1.54) is 16.4 Å². The molecule has 1 aliphatic carbocycles. The van der Waals surface area contributed by atoms with E-state index < -0.39 is 15.8 Å². The Hall–Kier alpha value is -0.980. The van der Waals surface area contributed by atoms with Gasteiger partial charge in [-0.05, 0) is 42.9 Å². The summed E-state index contributed by atoms with van der Waals surface area (Å²) in [5, 5.41) is 9.12. The molecule has 21 heavy (non-hydrogen) atoms. The summed E-state index contributed by atoms with van der Waals surface area (Å²) < 4.78 is 40.8. The van der Waals surface area contributed by atoms with Crippen molar-refractivity contribution in [2.75, 3.05) is 6.54 Å². The molecule has 1 fully saturated rings. The lowest BCUT2D eigenvalue weighted by Gasteiger charge is -2.23. The summed E-state index contributed by atoms with van der Waals surface area (Å²) in [6, 6.07) is 3.72. The number of hydrogen-bond donors (Lipinski definition) is 1. The molecule has 0 heterocycles. The van der Waals surface area contributed by atoms with Crippen molar-refractivity contribution in [3.05, 3.63) is 29.6 Å². The Morgan fingerprint density at radius 3 is 2.57 bits per heavy atom. The molecule has 0 atom stereocenters. The van der Waals surface area contributed by atoms with Crippen LogP contribution in [0.4, 0.5) is 4.39 Å². The summed E-state index contributed by atoms with van der Waals surface area (Å²) in [6.45, 7) is 4.17. The average Bonchev–Trinajstić information content (AvgIpc) is 3.23. The molecular weight excluding hydrogens is 293 g/mol. The van der Waals surface area contributed by atoms with Crippen LogP contribution in [0.1, 0.15) is 38.7 Å². The minimum Gasteiger partial charge on any atom is -0.392 e. The van der Waals surface area contributed by atoms with Gasteiger partial charge in [0.05, 0.1) is 6.61 Å². The van der Waals surface area contributed by atoms with E-state index in [-0.39, 0.29) is 17.5 Å². The average molecular weight is 315 g/mol. The lowest BCUT2D eigenvalue weighted by Crippen LogP contribution is -2.35. The van der Waals surface area contributed by atoms with Gasteiger partial charge in [0.15, 0.2) is 0 Å². The second kappa shape index (κ2) is 6.42. The van der Waals surface area contributed by atoms with Gasteiger partial charge in [0.2, 0.25) is 10.0 Å². The number of benzene rings is 1. The number of nitrogens with zero attached hydrogens (tertiary/aromatic N) is 1. The fraction of sp³-hybridized carbons (Fsp3) is 0.600. The maximum Gasteiger partial charge on any atom is 0.246 e. The van der Waals surface area contributed by atoms with Crippen molar-refractivity contribution >= 4 is 10.0 Å². The molecule has 0 aliphatic heterocycles. The van der Waals surface area contributed by atoms with Crippen LogP contribution in [0.5, 0.6) is 0 Å². The van der Waals surface area contributed by atoms with Crippen molar-refractivity contribution in [3.8, 4) is 0 Å². The number of sulfonamides is 1. The highest BCUT2D eigenvalue weighted by molar-refractivity contribution is 7.89. The van der Waals surface area contributed by atoms with Crippen molar-refractivity contribution in [2.45, 2.75) is 50.7 Å². The van der Waals surface area contributed by atoms with E-state index in [0.29, 0.717) is 18.0 Å². The van der Waals surface area contributed by atoms with Crippen LogP contribution in [0.2, 0.25) is 0 Å². The zero-order valence-electron chi connectivity index (χ0n) is 12.4. The summed E-state index contributed by atoms with van der Waals surface area (Å²) >= 11 is 0. The van der Waals surface area contributed by atoms with E-state index in [1.807, 2.05) is 13.8 Å². The minimum absolute atomic E-state index is 0.00840. The largest absolute Gasteiger partial charge is 0.392 e. The Labute approximate surface area is 125 Å². The van der Waals surface area contributed by atoms with Gasteiger partial charge in [-0.3, -0.25) is 0 Å². The molecule has 4 nitrogen and oxygen atoms in total. The van der Waals surface area contributed by atoms with Gasteiger partial charge in [-0.25, -0.2) is 12.8 Å². The molecule has 0 spiro atoms. The molecule has 0 unspecified atom stereocenters. The van der Waals surface area contributed by atoms with Crippen LogP contribution < -0.4 is 0 Å². The van der Waals surface area contributed by atoms with Crippen molar-refractivity contribution < 1.29 is 17.9 Å². The van der Waals surface area contributed by atoms with Crippen molar-refractivity contribution in [1.82, 2.24) is 4.31 Å². The summed E-state index contributed by atoms with van der Waals surface area (Å²) in [7, 11) is -3.85. The Balaban J connectivity index is 2.34. The van der Waals surface area contributed by atoms with E-state index in [2.05, 4.69) is 0 Å². The van der Waals surface area contributed by atoms with Gasteiger partial charge in [0.1, 0.15) is 10.7 Å². The Bertz CT molecular complexity index is 597. The van der Waals surface area contributed by atoms with Crippen molar-refractivity contribution in [2.24, 2.45) is 5.92 Å². The van der Waals surface area contributed by atoms with Crippen molar-refractivity contribution in [3.63, 3.8) is 0 Å². The first-order valence-corrected chi connectivity index (χ1v) is 8.71. The van der Waals surface area contributed by atoms with Gasteiger partial charge >= 0.3 is 0 Å². The number of aliphatic hydroxyl groups excluding tert-OH is 1. The molecule has 2 rings (SSSR count). The van der Waals surface area contributed by atoms with Crippen LogP contribution in [0.15, 0.2) is 23.1 Å². The SMILES string of the molecule is CC(C)CCN(C1CC1)S(=O)(=O)c1cc(CO)ccc1F. The van der Waals surface area contributed by atoms with Crippen LogP contribution in [0.3, 0.4) is 0 Å². The minimum atomic E-state index is -3.85. The lowest BCUT2D eigenvalue weighted by atomic mass is 10.1. The van der Waals surface area contributed by atoms with E-state index in [0.717, 1.165) is 25.3 Å². The third-order valence-corrected chi connectivity index (χ3v) is 5.61. The summed E-state index contributed by atoms with van der Waals surface area (Å²) in [6.07, 6.45) is 2.41. The van der Waals surface area contributed by atoms with Crippen molar-refractivity contribution in [1.29, 1.82) is 0 Å². The second-order valence-electron chi connectivity index (χ2n) is 5.95. The summed E-state index contributed by atoms with van der Waals surface area (Å²) in [5.41, 5.74) is 0.398. The zero-order chi connectivity index (χ0) is 15.6. The first kappa shape index (κ1) is 16.4. The maximum absolute atomic E-state index is 14.0. The van der Waals surface area contributed by atoms with Gasteiger partial charge < -0.3 is 5.11 Å². The number of rotatable bonds is 7. The predicted octanol–water partition coefficient (Wildman–Crippen LogP) is 2.52. The third-order valence-electron chi connectivity index (χ3n) is 3.65. The van der Waals surface area contributed by atoms with Crippen LogP contribution in [0, 0.1) is 11.7 Å². The monoisotopic (exact) mass is 315 g/mol. The molecule has 1 saturated carbocycles. The van der Waals surface area contributed by atoms with Gasteiger partial charge in [-0.1, -0.05) is 19.9 Å². The number of halogens is 1. The molecule has 1 N–H and O–H groups in total. The molecule has 1 aromatic rings. The van der Waals surface area contributed by atoms with Crippen LogP contribution >= 0.6 is 0 Å². The molecule has 1 aliphatic rings. The van der Waals surface area contributed by atoms with Crippen LogP contribution in [0.25, 0.3) is 0 Å². The summed E-state index contributed by atoms with van der Waals surface area (Å²) in [5.74, 6) is -0.377. The Morgan fingerprint density at radius 2 is 2.05 bits per heavy atom.